The lowest BCUT2D eigenvalue weighted by Crippen LogP contribution is -2.54. The summed E-state index contributed by atoms with van der Waals surface area (Å²) in [5.41, 5.74) is 1.30. The van der Waals surface area contributed by atoms with E-state index in [2.05, 4.69) is 10.2 Å². The first kappa shape index (κ1) is 20.5. The van der Waals surface area contributed by atoms with Crippen LogP contribution < -0.4 is 15.1 Å². The molecule has 0 spiro atoms. The number of nitrogens with one attached hydrogen (secondary N) is 1. The number of halogens is 1. The largest absolute Gasteiger partial charge is 0.507 e. The summed E-state index contributed by atoms with van der Waals surface area (Å²) < 4.78 is 13.2. The number of benzene rings is 2. The first-order valence-electron chi connectivity index (χ1n) is 9.10. The number of amides is 2. The van der Waals surface area contributed by atoms with Gasteiger partial charge in [0.1, 0.15) is 17.1 Å². The van der Waals surface area contributed by atoms with Crippen LogP contribution in [0.5, 0.6) is 5.75 Å². The van der Waals surface area contributed by atoms with Crippen molar-refractivity contribution < 1.29 is 19.1 Å². The number of anilines is 2. The molecule has 1 heterocycles. The quantitative estimate of drug-likeness (QED) is 0.447. The molecular weight excluding hydrogens is 393 g/mol. The van der Waals surface area contributed by atoms with Crippen molar-refractivity contribution in [2.75, 3.05) is 22.9 Å². The van der Waals surface area contributed by atoms with Crippen molar-refractivity contribution in [3.8, 4) is 5.75 Å². The molecule has 0 aromatic heterocycles. The van der Waals surface area contributed by atoms with Crippen LogP contribution in [0.15, 0.2) is 48.0 Å². The summed E-state index contributed by atoms with van der Waals surface area (Å²) in [7, 11) is 0. The van der Waals surface area contributed by atoms with Gasteiger partial charge in [0.2, 0.25) is 0 Å². The van der Waals surface area contributed by atoms with E-state index in [0.29, 0.717) is 11.3 Å². The highest BCUT2D eigenvalue weighted by atomic mass is 32.1. The van der Waals surface area contributed by atoms with E-state index in [-0.39, 0.29) is 16.4 Å². The van der Waals surface area contributed by atoms with E-state index in [1.165, 1.54) is 30.3 Å². The monoisotopic (exact) mass is 413 g/mol. The molecule has 2 aromatic carbocycles. The highest BCUT2D eigenvalue weighted by Crippen LogP contribution is 2.28. The fraction of sp³-hybridized carbons (Fsp3) is 0.190. The zero-order valence-electron chi connectivity index (χ0n) is 16.0. The van der Waals surface area contributed by atoms with Crippen molar-refractivity contribution in [3.63, 3.8) is 0 Å². The predicted molar refractivity (Wildman–Crippen MR) is 114 cm³/mol. The van der Waals surface area contributed by atoms with E-state index >= 15 is 0 Å². The van der Waals surface area contributed by atoms with Gasteiger partial charge in [-0.2, -0.15) is 0 Å². The Hall–Kier alpha value is -3.26. The second kappa shape index (κ2) is 8.40. The molecule has 1 fully saturated rings. The fourth-order valence-electron chi connectivity index (χ4n) is 3.08. The molecule has 0 unspecified atom stereocenters. The summed E-state index contributed by atoms with van der Waals surface area (Å²) in [5.74, 6) is -1.82. The van der Waals surface area contributed by atoms with Crippen LogP contribution >= 0.6 is 12.2 Å². The van der Waals surface area contributed by atoms with Crippen molar-refractivity contribution in [1.29, 1.82) is 0 Å². The van der Waals surface area contributed by atoms with Crippen LogP contribution in [0.4, 0.5) is 15.8 Å². The Morgan fingerprint density at radius 3 is 2.38 bits per heavy atom. The average Bonchev–Trinajstić information content (AvgIpc) is 2.69. The van der Waals surface area contributed by atoms with Gasteiger partial charge in [0.15, 0.2) is 5.11 Å². The van der Waals surface area contributed by atoms with E-state index < -0.39 is 17.6 Å². The molecule has 2 amide bonds. The summed E-state index contributed by atoms with van der Waals surface area (Å²) in [5, 5.41) is 12.8. The second-order valence-electron chi connectivity index (χ2n) is 6.35. The molecule has 1 aliphatic heterocycles. The molecule has 1 aliphatic rings. The zero-order chi connectivity index (χ0) is 21.1. The summed E-state index contributed by atoms with van der Waals surface area (Å²) in [6.07, 6.45) is 1.32. The van der Waals surface area contributed by atoms with Gasteiger partial charge in [0.25, 0.3) is 11.8 Å². The molecule has 2 aromatic rings. The number of hydrogen-bond donors (Lipinski definition) is 2. The maximum absolute atomic E-state index is 13.2. The van der Waals surface area contributed by atoms with Crippen molar-refractivity contribution in [3.05, 3.63) is 59.4 Å². The number of carbonyl (C=O) groups excluding carboxylic acids is 2. The third-order valence-electron chi connectivity index (χ3n) is 4.63. The van der Waals surface area contributed by atoms with Crippen LogP contribution in [0.25, 0.3) is 6.08 Å². The van der Waals surface area contributed by atoms with E-state index in [1.54, 1.807) is 12.1 Å². The highest BCUT2D eigenvalue weighted by molar-refractivity contribution is 7.80. The Morgan fingerprint density at radius 1 is 1.14 bits per heavy atom. The van der Waals surface area contributed by atoms with Crippen molar-refractivity contribution in [2.45, 2.75) is 13.8 Å². The lowest BCUT2D eigenvalue weighted by molar-refractivity contribution is -0.122. The Kier molecular flexibility index (Phi) is 5.93. The third kappa shape index (κ3) is 4.12. The zero-order valence-corrected chi connectivity index (χ0v) is 16.8. The van der Waals surface area contributed by atoms with E-state index in [4.69, 9.17) is 12.2 Å². The fourth-order valence-corrected chi connectivity index (χ4v) is 3.36. The van der Waals surface area contributed by atoms with Crippen molar-refractivity contribution in [1.82, 2.24) is 5.32 Å². The SMILES string of the molecule is CCN(CC)c1ccc(/C=C2\C(=O)NC(=S)N(c3ccc(F)cc3)C2=O)c(O)c1. The Labute approximate surface area is 173 Å². The maximum Gasteiger partial charge on any atom is 0.270 e. The minimum atomic E-state index is -0.661. The molecular formula is C21H20FN3O3S. The van der Waals surface area contributed by atoms with Crippen LogP contribution in [-0.4, -0.2) is 35.1 Å². The van der Waals surface area contributed by atoms with Gasteiger partial charge < -0.3 is 10.0 Å². The maximum atomic E-state index is 13.2. The van der Waals surface area contributed by atoms with Crippen LogP contribution in [-0.2, 0) is 9.59 Å². The van der Waals surface area contributed by atoms with Gasteiger partial charge in [-0.1, -0.05) is 0 Å². The Morgan fingerprint density at radius 2 is 1.79 bits per heavy atom. The molecule has 0 saturated carbocycles. The van der Waals surface area contributed by atoms with Crippen molar-refractivity contribution >= 4 is 46.6 Å². The normalized spacial score (nSPS) is 15.6. The first-order valence-corrected chi connectivity index (χ1v) is 9.51. The smallest absolute Gasteiger partial charge is 0.270 e. The van der Waals surface area contributed by atoms with Gasteiger partial charge in [-0.15, -0.1) is 0 Å². The van der Waals surface area contributed by atoms with Crippen LogP contribution in [0, 0.1) is 5.82 Å². The number of phenols is 1. The molecule has 0 radical (unpaired) electrons. The van der Waals surface area contributed by atoms with Gasteiger partial charge in [0.05, 0.1) is 5.69 Å². The van der Waals surface area contributed by atoms with Gasteiger partial charge in [-0.3, -0.25) is 19.8 Å². The molecule has 3 rings (SSSR count). The van der Waals surface area contributed by atoms with E-state index in [9.17, 15) is 19.1 Å². The number of carbonyl (C=O) groups is 2. The third-order valence-corrected chi connectivity index (χ3v) is 4.91. The second-order valence-corrected chi connectivity index (χ2v) is 6.74. The van der Waals surface area contributed by atoms with Gasteiger partial charge in [-0.25, -0.2) is 4.39 Å². The Balaban J connectivity index is 1.97. The van der Waals surface area contributed by atoms with Gasteiger partial charge in [-0.05, 0) is 68.5 Å². The average molecular weight is 413 g/mol. The molecule has 1 saturated heterocycles. The summed E-state index contributed by atoms with van der Waals surface area (Å²) in [4.78, 5) is 28.5. The Bertz CT molecular complexity index is 1000. The number of nitrogens with zero attached hydrogens (tertiary/aromatic N) is 2. The van der Waals surface area contributed by atoms with E-state index in [1.807, 2.05) is 19.9 Å². The molecule has 8 heteroatoms. The van der Waals surface area contributed by atoms with Crippen LogP contribution in [0.3, 0.4) is 0 Å². The number of aromatic hydroxyl groups is 1. The molecule has 0 atom stereocenters. The summed E-state index contributed by atoms with van der Waals surface area (Å²) in [6, 6.07) is 10.2. The number of thiocarbonyl (C=S) groups is 1. The molecule has 6 nitrogen and oxygen atoms in total. The van der Waals surface area contributed by atoms with Gasteiger partial charge >= 0.3 is 0 Å². The molecule has 150 valence electrons. The standard InChI is InChI=1S/C21H20FN3O3S/c1-3-24(4-2)16-8-5-13(18(26)12-16)11-17-19(27)23-21(29)25(20(17)28)15-9-6-14(22)7-10-15/h5-12,26H,3-4H2,1-2H3,(H,23,27,29)/b17-11+. The molecule has 0 aliphatic carbocycles. The highest BCUT2D eigenvalue weighted by Gasteiger charge is 2.34. The summed E-state index contributed by atoms with van der Waals surface area (Å²) >= 11 is 5.11. The minimum absolute atomic E-state index is 0.0519. The van der Waals surface area contributed by atoms with Crippen molar-refractivity contribution in [2.24, 2.45) is 0 Å². The van der Waals surface area contributed by atoms with Crippen LogP contribution in [0.2, 0.25) is 0 Å². The lowest BCUT2D eigenvalue weighted by Gasteiger charge is -2.29. The number of phenolic OH excluding ortho intramolecular Hbond substituents is 1. The predicted octanol–water partition coefficient (Wildman–Crippen LogP) is 3.21. The van der Waals surface area contributed by atoms with Gasteiger partial charge in [0, 0.05) is 30.4 Å². The lowest BCUT2D eigenvalue weighted by atomic mass is 10.1. The topological polar surface area (TPSA) is 72.9 Å². The number of rotatable bonds is 5. The minimum Gasteiger partial charge on any atom is -0.507 e. The first-order chi connectivity index (χ1) is 13.8. The number of hydrogen-bond acceptors (Lipinski definition) is 5. The summed E-state index contributed by atoms with van der Waals surface area (Å²) in [6.45, 7) is 5.57. The van der Waals surface area contributed by atoms with E-state index in [0.717, 1.165) is 23.7 Å². The van der Waals surface area contributed by atoms with Crippen LogP contribution in [0.1, 0.15) is 19.4 Å². The molecule has 2 N–H and O–H groups in total. The molecule has 29 heavy (non-hydrogen) atoms. The molecule has 0 bridgehead atoms.